The van der Waals surface area contributed by atoms with Gasteiger partial charge in [0, 0.05) is 37.5 Å². The monoisotopic (exact) mass is 227 g/mol. The van der Waals surface area contributed by atoms with Crippen molar-refractivity contribution >= 4 is 9.84 Å². The van der Waals surface area contributed by atoms with Crippen LogP contribution in [0.4, 0.5) is 0 Å². The van der Waals surface area contributed by atoms with Crippen molar-refractivity contribution < 1.29 is 8.42 Å². The van der Waals surface area contributed by atoms with E-state index in [-0.39, 0.29) is 5.16 Å². The Bertz CT molecular complexity index is 484. The van der Waals surface area contributed by atoms with E-state index in [1.165, 1.54) is 0 Å². The second kappa shape index (κ2) is 3.53. The first-order chi connectivity index (χ1) is 6.97. The largest absolute Gasteiger partial charge is 0.302 e. The van der Waals surface area contributed by atoms with E-state index in [9.17, 15) is 8.42 Å². The Hall–Kier alpha value is -1.01. The highest BCUT2D eigenvalue weighted by molar-refractivity contribution is 7.90. The highest BCUT2D eigenvalue weighted by Crippen LogP contribution is 2.16. The molecule has 1 aromatic heterocycles. The van der Waals surface area contributed by atoms with Gasteiger partial charge in [-0.3, -0.25) is 0 Å². The van der Waals surface area contributed by atoms with Crippen molar-refractivity contribution in [2.75, 3.05) is 19.8 Å². The average Bonchev–Trinajstić information content (AvgIpc) is 2.15. The summed E-state index contributed by atoms with van der Waals surface area (Å²) in [6.45, 7) is 1.70. The summed E-state index contributed by atoms with van der Waals surface area (Å²) in [6, 6.07) is 0. The Balaban J connectivity index is 2.44. The first-order valence-electron chi connectivity index (χ1n) is 4.70. The molecule has 0 atom stereocenters. The van der Waals surface area contributed by atoms with Gasteiger partial charge in [-0.25, -0.2) is 18.4 Å². The van der Waals surface area contributed by atoms with Gasteiger partial charge in [0.2, 0.25) is 15.0 Å². The molecule has 0 aliphatic carbocycles. The van der Waals surface area contributed by atoms with Crippen LogP contribution < -0.4 is 0 Å². The zero-order chi connectivity index (χ0) is 11.1. The second-order valence-electron chi connectivity index (χ2n) is 3.88. The number of aromatic nitrogens is 2. The third-order valence-electron chi connectivity index (χ3n) is 2.43. The van der Waals surface area contributed by atoms with Crippen molar-refractivity contribution in [2.24, 2.45) is 0 Å². The van der Waals surface area contributed by atoms with E-state index >= 15 is 0 Å². The van der Waals surface area contributed by atoms with E-state index in [1.807, 2.05) is 7.05 Å². The lowest BCUT2D eigenvalue weighted by Gasteiger charge is -2.23. The van der Waals surface area contributed by atoms with Crippen molar-refractivity contribution in [2.45, 2.75) is 18.1 Å². The molecule has 6 heteroatoms. The summed E-state index contributed by atoms with van der Waals surface area (Å²) < 4.78 is 22.5. The SMILES string of the molecule is CN1CCc2nc(S(C)(=O)=O)ncc2C1. The summed E-state index contributed by atoms with van der Waals surface area (Å²) in [5, 5.41) is -0.0641. The predicted octanol–water partition coefficient (Wildman–Crippen LogP) is -0.132. The molecule has 0 N–H and O–H groups in total. The summed E-state index contributed by atoms with van der Waals surface area (Å²) in [4.78, 5) is 10.1. The minimum absolute atomic E-state index is 0.0641. The van der Waals surface area contributed by atoms with Crippen molar-refractivity contribution in [3.8, 4) is 0 Å². The lowest BCUT2D eigenvalue weighted by atomic mass is 10.1. The number of hydrogen-bond donors (Lipinski definition) is 0. The van der Waals surface area contributed by atoms with Crippen LogP contribution in [0.15, 0.2) is 11.4 Å². The molecule has 0 aromatic carbocycles. The Labute approximate surface area is 89.1 Å². The highest BCUT2D eigenvalue weighted by Gasteiger charge is 2.18. The minimum atomic E-state index is -3.29. The quantitative estimate of drug-likeness (QED) is 0.625. The van der Waals surface area contributed by atoms with Gasteiger partial charge in [0.15, 0.2) is 0 Å². The van der Waals surface area contributed by atoms with E-state index in [2.05, 4.69) is 14.9 Å². The molecule has 0 saturated heterocycles. The zero-order valence-corrected chi connectivity index (χ0v) is 9.58. The highest BCUT2D eigenvalue weighted by atomic mass is 32.2. The lowest BCUT2D eigenvalue weighted by Crippen LogP contribution is -2.28. The van der Waals surface area contributed by atoms with Crippen LogP contribution in [0, 0.1) is 0 Å². The maximum Gasteiger partial charge on any atom is 0.246 e. The third-order valence-corrected chi connectivity index (χ3v) is 3.29. The van der Waals surface area contributed by atoms with Crippen LogP contribution >= 0.6 is 0 Å². The number of nitrogens with zero attached hydrogens (tertiary/aromatic N) is 3. The van der Waals surface area contributed by atoms with E-state index in [4.69, 9.17) is 0 Å². The smallest absolute Gasteiger partial charge is 0.246 e. The molecule has 0 spiro atoms. The van der Waals surface area contributed by atoms with Gasteiger partial charge < -0.3 is 4.90 Å². The number of rotatable bonds is 1. The van der Waals surface area contributed by atoms with E-state index < -0.39 is 9.84 Å². The molecular formula is C9H13N3O2S. The Morgan fingerprint density at radius 3 is 2.87 bits per heavy atom. The summed E-state index contributed by atoms with van der Waals surface area (Å²) in [5.74, 6) is 0. The molecule has 1 aliphatic rings. The average molecular weight is 227 g/mol. The molecule has 0 amide bonds. The first kappa shape index (κ1) is 10.5. The minimum Gasteiger partial charge on any atom is -0.302 e. The fourth-order valence-electron chi connectivity index (χ4n) is 1.62. The van der Waals surface area contributed by atoms with Gasteiger partial charge in [-0.05, 0) is 7.05 Å². The number of likely N-dealkylation sites (N-methyl/N-ethyl adjacent to an activating group) is 1. The molecule has 5 nitrogen and oxygen atoms in total. The van der Waals surface area contributed by atoms with Gasteiger partial charge >= 0.3 is 0 Å². The van der Waals surface area contributed by atoms with Crippen LogP contribution in [0.5, 0.6) is 0 Å². The van der Waals surface area contributed by atoms with Gasteiger partial charge in [0.25, 0.3) is 0 Å². The van der Waals surface area contributed by atoms with Gasteiger partial charge in [0.1, 0.15) is 0 Å². The van der Waals surface area contributed by atoms with Crippen molar-refractivity contribution in [1.29, 1.82) is 0 Å². The number of hydrogen-bond acceptors (Lipinski definition) is 5. The first-order valence-corrected chi connectivity index (χ1v) is 6.59. The molecule has 2 heterocycles. The lowest BCUT2D eigenvalue weighted by molar-refractivity contribution is 0.308. The normalized spacial score (nSPS) is 17.5. The van der Waals surface area contributed by atoms with Gasteiger partial charge in [-0.1, -0.05) is 0 Å². The number of sulfone groups is 1. The molecule has 0 saturated carbocycles. The maximum absolute atomic E-state index is 11.2. The zero-order valence-electron chi connectivity index (χ0n) is 8.77. The summed E-state index contributed by atoms with van der Waals surface area (Å²) in [7, 11) is -1.26. The van der Waals surface area contributed by atoms with Gasteiger partial charge in [0.05, 0.1) is 5.69 Å². The van der Waals surface area contributed by atoms with Crippen molar-refractivity contribution in [1.82, 2.24) is 14.9 Å². The predicted molar refractivity (Wildman–Crippen MR) is 55.2 cm³/mol. The molecular weight excluding hydrogens is 214 g/mol. The van der Waals surface area contributed by atoms with Gasteiger partial charge in [-0.15, -0.1) is 0 Å². The number of fused-ring (bicyclic) bond motifs is 1. The van der Waals surface area contributed by atoms with Crippen molar-refractivity contribution in [3.63, 3.8) is 0 Å². The summed E-state index contributed by atoms with van der Waals surface area (Å²) >= 11 is 0. The fraction of sp³-hybridized carbons (Fsp3) is 0.556. The molecule has 2 rings (SSSR count). The Kier molecular flexibility index (Phi) is 2.47. The fourth-order valence-corrected chi connectivity index (χ4v) is 2.14. The second-order valence-corrected chi connectivity index (χ2v) is 5.79. The molecule has 15 heavy (non-hydrogen) atoms. The van der Waals surface area contributed by atoms with Crippen LogP contribution in [0.25, 0.3) is 0 Å². The van der Waals surface area contributed by atoms with E-state index in [0.717, 1.165) is 37.0 Å². The molecule has 82 valence electrons. The van der Waals surface area contributed by atoms with Crippen LogP contribution in [0.3, 0.4) is 0 Å². The van der Waals surface area contributed by atoms with Gasteiger partial charge in [-0.2, -0.15) is 0 Å². The van der Waals surface area contributed by atoms with E-state index in [0.29, 0.717) is 0 Å². The van der Waals surface area contributed by atoms with Crippen LogP contribution in [-0.2, 0) is 22.8 Å². The molecule has 0 fully saturated rings. The Morgan fingerprint density at radius 2 is 2.20 bits per heavy atom. The summed E-state index contributed by atoms with van der Waals surface area (Å²) in [6.07, 6.45) is 3.54. The van der Waals surface area contributed by atoms with Crippen LogP contribution in [-0.4, -0.2) is 43.1 Å². The topological polar surface area (TPSA) is 63.2 Å². The third kappa shape index (κ3) is 2.15. The molecule has 0 bridgehead atoms. The van der Waals surface area contributed by atoms with E-state index in [1.54, 1.807) is 6.20 Å². The van der Waals surface area contributed by atoms with Crippen molar-refractivity contribution in [3.05, 3.63) is 17.5 Å². The Morgan fingerprint density at radius 1 is 1.47 bits per heavy atom. The standard InChI is InChI=1S/C9H13N3O2S/c1-12-4-3-8-7(6-12)5-10-9(11-8)15(2,13)14/h5H,3-4,6H2,1-2H3. The molecule has 0 unspecified atom stereocenters. The maximum atomic E-state index is 11.2. The molecule has 0 radical (unpaired) electrons. The molecule has 1 aromatic rings. The summed E-state index contributed by atoms with van der Waals surface area (Å²) in [5.41, 5.74) is 1.89. The van der Waals surface area contributed by atoms with Crippen LogP contribution in [0.1, 0.15) is 11.3 Å². The van der Waals surface area contributed by atoms with Crippen LogP contribution in [0.2, 0.25) is 0 Å². The molecule has 1 aliphatic heterocycles.